The second-order valence-corrected chi connectivity index (χ2v) is 6.23. The minimum Gasteiger partial charge on any atom is -0.383 e. The Labute approximate surface area is 157 Å². The Hall–Kier alpha value is -2.77. The first-order valence-corrected chi connectivity index (χ1v) is 8.58. The lowest BCUT2D eigenvalue weighted by Gasteiger charge is -2.18. The fourth-order valence-electron chi connectivity index (χ4n) is 2.56. The maximum absolute atomic E-state index is 13.7. The molecule has 0 saturated heterocycles. The highest BCUT2D eigenvalue weighted by atomic mass is 19.1. The van der Waals surface area contributed by atoms with Gasteiger partial charge >= 0.3 is 0 Å². The number of anilines is 1. The van der Waals surface area contributed by atoms with Crippen molar-refractivity contribution in [1.82, 2.24) is 5.32 Å². The number of amides is 2. The summed E-state index contributed by atoms with van der Waals surface area (Å²) in [5, 5.41) is 5.55. The second-order valence-electron chi connectivity index (χ2n) is 6.23. The molecule has 2 aromatic rings. The number of methoxy groups -OCH3 is 1. The summed E-state index contributed by atoms with van der Waals surface area (Å²) < 4.78 is 18.5. The minimum absolute atomic E-state index is 0.0605. The number of ether oxygens (including phenoxy) is 1. The van der Waals surface area contributed by atoms with Crippen LogP contribution in [0, 0.1) is 5.82 Å². The van der Waals surface area contributed by atoms with Gasteiger partial charge in [-0.25, -0.2) is 4.39 Å². The van der Waals surface area contributed by atoms with Crippen LogP contribution in [0.2, 0.25) is 0 Å². The Kier molecular flexibility index (Phi) is 7.45. The largest absolute Gasteiger partial charge is 0.383 e. The molecule has 2 unspecified atom stereocenters. The maximum Gasteiger partial charge on any atom is 0.239 e. The van der Waals surface area contributed by atoms with Crippen molar-refractivity contribution in [3.8, 4) is 0 Å². The van der Waals surface area contributed by atoms with E-state index in [4.69, 9.17) is 10.5 Å². The standard InChI is InChI=1S/C20H24FN3O3/c1-13(23-20(26)18(22)12-27-2)14-7-5-8-16(10-14)24-19(25)11-15-6-3-4-9-17(15)21/h3-10,13,18H,11-12,22H2,1-2H3,(H,23,26)(H,24,25). The van der Waals surface area contributed by atoms with Gasteiger partial charge in [0.2, 0.25) is 11.8 Å². The fraction of sp³-hybridized carbons (Fsp3) is 0.300. The summed E-state index contributed by atoms with van der Waals surface area (Å²) >= 11 is 0. The molecule has 0 saturated carbocycles. The van der Waals surface area contributed by atoms with Crippen LogP contribution in [0.4, 0.5) is 10.1 Å². The molecule has 0 aliphatic carbocycles. The van der Waals surface area contributed by atoms with E-state index in [1.807, 2.05) is 13.0 Å². The van der Waals surface area contributed by atoms with E-state index in [0.29, 0.717) is 11.3 Å². The van der Waals surface area contributed by atoms with E-state index in [1.54, 1.807) is 36.4 Å². The summed E-state index contributed by atoms with van der Waals surface area (Å²) in [5.41, 5.74) is 7.41. The molecule has 0 heterocycles. The average molecular weight is 373 g/mol. The van der Waals surface area contributed by atoms with E-state index in [0.717, 1.165) is 5.56 Å². The van der Waals surface area contributed by atoms with Crippen molar-refractivity contribution in [3.05, 3.63) is 65.5 Å². The average Bonchev–Trinajstić information content (AvgIpc) is 2.64. The van der Waals surface area contributed by atoms with Gasteiger partial charge in [0.25, 0.3) is 0 Å². The maximum atomic E-state index is 13.7. The lowest BCUT2D eigenvalue weighted by molar-refractivity contribution is -0.124. The van der Waals surface area contributed by atoms with Gasteiger partial charge in [-0.15, -0.1) is 0 Å². The third-order valence-corrected chi connectivity index (χ3v) is 4.02. The summed E-state index contributed by atoms with van der Waals surface area (Å²) in [6, 6.07) is 12.2. The topological polar surface area (TPSA) is 93.4 Å². The number of halogens is 1. The molecule has 0 spiro atoms. The van der Waals surface area contributed by atoms with Crippen molar-refractivity contribution in [3.63, 3.8) is 0 Å². The monoisotopic (exact) mass is 373 g/mol. The molecule has 0 bridgehead atoms. The number of carbonyl (C=O) groups is 2. The van der Waals surface area contributed by atoms with Crippen molar-refractivity contribution >= 4 is 17.5 Å². The lowest BCUT2D eigenvalue weighted by atomic mass is 10.1. The molecule has 4 N–H and O–H groups in total. The van der Waals surface area contributed by atoms with Crippen LogP contribution in [0.3, 0.4) is 0 Å². The first-order valence-electron chi connectivity index (χ1n) is 8.58. The second kappa shape index (κ2) is 9.80. The van der Waals surface area contributed by atoms with Gasteiger partial charge in [-0.1, -0.05) is 30.3 Å². The minimum atomic E-state index is -0.749. The van der Waals surface area contributed by atoms with E-state index in [-0.39, 0.29) is 30.9 Å². The van der Waals surface area contributed by atoms with Gasteiger partial charge in [-0.3, -0.25) is 9.59 Å². The highest BCUT2D eigenvalue weighted by Crippen LogP contribution is 2.18. The predicted molar refractivity (Wildman–Crippen MR) is 102 cm³/mol. The van der Waals surface area contributed by atoms with Crippen LogP contribution >= 0.6 is 0 Å². The van der Waals surface area contributed by atoms with Gasteiger partial charge < -0.3 is 21.1 Å². The summed E-state index contributed by atoms with van der Waals surface area (Å²) in [7, 11) is 1.48. The molecule has 2 atom stereocenters. The SMILES string of the molecule is COCC(N)C(=O)NC(C)c1cccc(NC(=O)Cc2ccccc2F)c1. The Morgan fingerprint density at radius 1 is 1.19 bits per heavy atom. The van der Waals surface area contributed by atoms with Gasteiger partial charge in [-0.05, 0) is 36.2 Å². The zero-order chi connectivity index (χ0) is 19.8. The van der Waals surface area contributed by atoms with E-state index < -0.39 is 11.9 Å². The highest BCUT2D eigenvalue weighted by Gasteiger charge is 2.17. The number of carbonyl (C=O) groups excluding carboxylic acids is 2. The molecule has 6 nitrogen and oxygen atoms in total. The van der Waals surface area contributed by atoms with Gasteiger partial charge in [-0.2, -0.15) is 0 Å². The number of nitrogens with one attached hydrogen (secondary N) is 2. The molecule has 2 amide bonds. The van der Waals surface area contributed by atoms with Crippen LogP contribution in [-0.2, 0) is 20.7 Å². The number of nitrogens with two attached hydrogens (primary N) is 1. The van der Waals surface area contributed by atoms with Crippen LogP contribution in [0.5, 0.6) is 0 Å². The molecule has 2 rings (SSSR count). The molecule has 7 heteroatoms. The summed E-state index contributed by atoms with van der Waals surface area (Å²) in [4.78, 5) is 24.2. The van der Waals surface area contributed by atoms with Crippen LogP contribution in [-0.4, -0.2) is 31.6 Å². The van der Waals surface area contributed by atoms with Crippen molar-refractivity contribution < 1.29 is 18.7 Å². The molecule has 0 radical (unpaired) electrons. The zero-order valence-electron chi connectivity index (χ0n) is 15.4. The van der Waals surface area contributed by atoms with E-state index in [9.17, 15) is 14.0 Å². The van der Waals surface area contributed by atoms with Crippen LogP contribution < -0.4 is 16.4 Å². The zero-order valence-corrected chi connectivity index (χ0v) is 15.4. The summed E-state index contributed by atoms with van der Waals surface area (Å²) in [5.74, 6) is -1.06. The highest BCUT2D eigenvalue weighted by molar-refractivity contribution is 5.92. The molecule has 144 valence electrons. The van der Waals surface area contributed by atoms with E-state index in [2.05, 4.69) is 10.6 Å². The van der Waals surface area contributed by atoms with Crippen molar-refractivity contribution in [2.45, 2.75) is 25.4 Å². The number of hydrogen-bond acceptors (Lipinski definition) is 4. The fourth-order valence-corrected chi connectivity index (χ4v) is 2.56. The van der Waals surface area contributed by atoms with Crippen molar-refractivity contribution in [2.24, 2.45) is 5.73 Å². The molecule has 2 aromatic carbocycles. The summed E-state index contributed by atoms with van der Waals surface area (Å²) in [6.07, 6.45) is -0.0605. The molecular weight excluding hydrogens is 349 g/mol. The number of benzene rings is 2. The predicted octanol–water partition coefficient (Wildman–Crippen LogP) is 2.16. The van der Waals surface area contributed by atoms with Crippen molar-refractivity contribution in [1.29, 1.82) is 0 Å². The lowest BCUT2D eigenvalue weighted by Crippen LogP contribution is -2.44. The molecule has 0 aliphatic heterocycles. The molecule has 0 aliphatic rings. The van der Waals surface area contributed by atoms with Crippen molar-refractivity contribution in [2.75, 3.05) is 19.0 Å². The molecular formula is C20H24FN3O3. The normalized spacial score (nSPS) is 12.9. The Morgan fingerprint density at radius 3 is 2.63 bits per heavy atom. The molecule has 0 aromatic heterocycles. The van der Waals surface area contributed by atoms with E-state index >= 15 is 0 Å². The molecule has 27 heavy (non-hydrogen) atoms. The Balaban J connectivity index is 1.99. The quantitative estimate of drug-likeness (QED) is 0.661. The van der Waals surface area contributed by atoms with Gasteiger partial charge in [0.05, 0.1) is 19.1 Å². The van der Waals surface area contributed by atoms with E-state index in [1.165, 1.54) is 13.2 Å². The van der Waals surface area contributed by atoms with Crippen LogP contribution in [0.1, 0.15) is 24.1 Å². The smallest absolute Gasteiger partial charge is 0.239 e. The van der Waals surface area contributed by atoms with Gasteiger partial charge in [0.1, 0.15) is 11.9 Å². The van der Waals surface area contributed by atoms with Gasteiger partial charge in [0, 0.05) is 12.8 Å². The Morgan fingerprint density at radius 2 is 1.93 bits per heavy atom. The Bertz CT molecular complexity index is 798. The first-order chi connectivity index (χ1) is 12.9. The number of hydrogen-bond donors (Lipinski definition) is 3. The first kappa shape index (κ1) is 20.5. The molecule has 0 fully saturated rings. The van der Waals surface area contributed by atoms with Crippen LogP contribution in [0.15, 0.2) is 48.5 Å². The third kappa shape index (κ3) is 6.16. The van der Waals surface area contributed by atoms with Crippen LogP contribution in [0.25, 0.3) is 0 Å². The summed E-state index contributed by atoms with van der Waals surface area (Å²) in [6.45, 7) is 1.95. The van der Waals surface area contributed by atoms with Gasteiger partial charge in [0.15, 0.2) is 0 Å². The third-order valence-electron chi connectivity index (χ3n) is 4.02. The number of rotatable bonds is 8.